The maximum absolute atomic E-state index is 5.00. The molecule has 0 bridgehead atoms. The van der Waals surface area contributed by atoms with Gasteiger partial charge < -0.3 is 0 Å². The van der Waals surface area contributed by atoms with E-state index in [1.807, 2.05) is 36.4 Å². The molecule has 0 saturated heterocycles. The molecule has 2 nitrogen and oxygen atoms in total. The monoisotopic (exact) mass is 500 g/mol. The summed E-state index contributed by atoms with van der Waals surface area (Å²) >= 11 is 0. The first-order valence-electron chi connectivity index (χ1n) is 13.4. The second kappa shape index (κ2) is 9.18. The molecule has 1 aromatic heterocycles. The number of hydrogen-bond donors (Lipinski definition) is 0. The first-order chi connectivity index (χ1) is 19.1. The second-order valence-electron chi connectivity index (χ2n) is 10.7. The lowest BCUT2D eigenvalue weighted by Crippen LogP contribution is -2.14. The van der Waals surface area contributed by atoms with Gasteiger partial charge >= 0.3 is 0 Å². The van der Waals surface area contributed by atoms with Crippen molar-refractivity contribution >= 4 is 0 Å². The Balaban J connectivity index is 1.33. The van der Waals surface area contributed by atoms with E-state index < -0.39 is 0 Å². The first kappa shape index (κ1) is 23.3. The van der Waals surface area contributed by atoms with Gasteiger partial charge in [0.2, 0.25) is 0 Å². The molecule has 6 aromatic rings. The molecule has 0 atom stereocenters. The Labute approximate surface area is 229 Å². The number of hydrogen-bond acceptors (Lipinski definition) is 2. The Kier molecular flexibility index (Phi) is 5.49. The third-order valence-corrected chi connectivity index (χ3v) is 7.93. The minimum Gasteiger partial charge on any atom is -0.228 e. The fourth-order valence-electron chi connectivity index (χ4n) is 5.88. The van der Waals surface area contributed by atoms with Crippen molar-refractivity contribution in [3.8, 4) is 56.2 Å². The molecule has 0 spiro atoms. The minimum absolute atomic E-state index is 0.00941. The highest BCUT2D eigenvalue weighted by atomic mass is 14.9. The summed E-state index contributed by atoms with van der Waals surface area (Å²) in [6.07, 6.45) is 0. The standard InChI is InChI=1S/C37H28N2/c1-37(2)31-18-10-9-16-30(31)35-29(17-11-19-32(35)37)25-20-22-27(23-21-25)34-24-33(26-12-5-3-6-13-26)38-36(39-34)28-14-7-4-8-15-28/h3-24H,1-2H3. The Morgan fingerprint density at radius 2 is 0.949 bits per heavy atom. The van der Waals surface area contributed by atoms with Crippen molar-refractivity contribution in [1.82, 2.24) is 9.97 Å². The van der Waals surface area contributed by atoms with Crippen LogP contribution in [0.2, 0.25) is 0 Å². The molecule has 5 aromatic carbocycles. The van der Waals surface area contributed by atoms with Crippen LogP contribution in [0.4, 0.5) is 0 Å². The molecule has 7 rings (SSSR count). The van der Waals surface area contributed by atoms with Crippen LogP contribution in [-0.2, 0) is 5.41 Å². The molecule has 0 saturated carbocycles. The zero-order chi connectivity index (χ0) is 26.4. The van der Waals surface area contributed by atoms with E-state index in [0.29, 0.717) is 0 Å². The molecule has 39 heavy (non-hydrogen) atoms. The molecule has 1 aliphatic rings. The summed E-state index contributed by atoms with van der Waals surface area (Å²) in [4.78, 5) is 9.92. The Morgan fingerprint density at radius 1 is 0.436 bits per heavy atom. The van der Waals surface area contributed by atoms with Crippen LogP contribution in [0, 0.1) is 0 Å². The lowest BCUT2D eigenvalue weighted by Gasteiger charge is -2.21. The fraction of sp³-hybridized carbons (Fsp3) is 0.0811. The van der Waals surface area contributed by atoms with Crippen LogP contribution in [-0.4, -0.2) is 9.97 Å². The molecule has 1 aliphatic carbocycles. The van der Waals surface area contributed by atoms with Crippen molar-refractivity contribution in [2.45, 2.75) is 19.3 Å². The number of aromatic nitrogens is 2. The number of nitrogens with zero attached hydrogens (tertiary/aromatic N) is 2. The Bertz CT molecular complexity index is 1740. The molecule has 186 valence electrons. The SMILES string of the molecule is CC1(C)c2ccccc2-c2c(-c3ccc(-c4cc(-c5ccccc5)nc(-c5ccccc5)n4)cc3)cccc21. The van der Waals surface area contributed by atoms with Gasteiger partial charge in [-0.3, -0.25) is 0 Å². The van der Waals surface area contributed by atoms with E-state index in [-0.39, 0.29) is 5.41 Å². The van der Waals surface area contributed by atoms with E-state index in [0.717, 1.165) is 33.9 Å². The molecule has 0 unspecified atom stereocenters. The fourth-order valence-corrected chi connectivity index (χ4v) is 5.88. The van der Waals surface area contributed by atoms with Crippen molar-refractivity contribution < 1.29 is 0 Å². The molecule has 1 heterocycles. The van der Waals surface area contributed by atoms with Gasteiger partial charge in [-0.25, -0.2) is 9.97 Å². The minimum atomic E-state index is -0.00941. The smallest absolute Gasteiger partial charge is 0.160 e. The van der Waals surface area contributed by atoms with Gasteiger partial charge in [0.25, 0.3) is 0 Å². The van der Waals surface area contributed by atoms with Crippen molar-refractivity contribution in [1.29, 1.82) is 0 Å². The maximum Gasteiger partial charge on any atom is 0.160 e. The molecule has 0 fully saturated rings. The van der Waals surface area contributed by atoms with Gasteiger partial charge in [-0.05, 0) is 39.4 Å². The van der Waals surface area contributed by atoms with Gasteiger partial charge in [0, 0.05) is 22.1 Å². The van der Waals surface area contributed by atoms with E-state index in [2.05, 4.69) is 111 Å². The summed E-state index contributed by atoms with van der Waals surface area (Å²) in [6, 6.07) is 47.0. The van der Waals surface area contributed by atoms with Gasteiger partial charge in [-0.15, -0.1) is 0 Å². The first-order valence-corrected chi connectivity index (χ1v) is 13.4. The zero-order valence-electron chi connectivity index (χ0n) is 22.1. The molecular formula is C37H28N2. The van der Waals surface area contributed by atoms with Crippen LogP contribution >= 0.6 is 0 Å². The summed E-state index contributed by atoms with van der Waals surface area (Å²) in [5.41, 5.74) is 13.0. The summed E-state index contributed by atoms with van der Waals surface area (Å²) in [7, 11) is 0. The zero-order valence-corrected chi connectivity index (χ0v) is 22.1. The number of rotatable bonds is 4. The van der Waals surface area contributed by atoms with Crippen LogP contribution in [0.1, 0.15) is 25.0 Å². The van der Waals surface area contributed by atoms with Gasteiger partial charge in [0.1, 0.15) is 0 Å². The predicted molar refractivity (Wildman–Crippen MR) is 161 cm³/mol. The van der Waals surface area contributed by atoms with E-state index in [1.165, 1.54) is 33.4 Å². The lowest BCUT2D eigenvalue weighted by atomic mass is 9.82. The average Bonchev–Trinajstić information content (AvgIpc) is 3.24. The molecule has 2 heteroatoms. The highest BCUT2D eigenvalue weighted by molar-refractivity contribution is 5.92. The molecule has 0 amide bonds. The molecular weight excluding hydrogens is 472 g/mol. The molecule has 0 aliphatic heterocycles. The number of fused-ring (bicyclic) bond motifs is 3. The Hall–Kier alpha value is -4.82. The molecule has 0 radical (unpaired) electrons. The van der Waals surface area contributed by atoms with E-state index in [9.17, 15) is 0 Å². The van der Waals surface area contributed by atoms with Crippen LogP contribution in [0.25, 0.3) is 56.2 Å². The highest BCUT2D eigenvalue weighted by Gasteiger charge is 2.36. The molecule has 0 N–H and O–H groups in total. The van der Waals surface area contributed by atoms with Gasteiger partial charge in [-0.2, -0.15) is 0 Å². The third-order valence-electron chi connectivity index (χ3n) is 7.93. The van der Waals surface area contributed by atoms with Crippen LogP contribution in [0.5, 0.6) is 0 Å². The van der Waals surface area contributed by atoms with Crippen molar-refractivity contribution in [3.05, 3.63) is 145 Å². The third kappa shape index (κ3) is 3.97. The normalized spacial score (nSPS) is 13.1. The van der Waals surface area contributed by atoms with Crippen molar-refractivity contribution in [2.75, 3.05) is 0 Å². The van der Waals surface area contributed by atoms with Crippen LogP contribution in [0.3, 0.4) is 0 Å². The van der Waals surface area contributed by atoms with Crippen molar-refractivity contribution in [2.24, 2.45) is 0 Å². The number of benzene rings is 5. The average molecular weight is 501 g/mol. The topological polar surface area (TPSA) is 25.8 Å². The van der Waals surface area contributed by atoms with E-state index in [4.69, 9.17) is 9.97 Å². The van der Waals surface area contributed by atoms with Gasteiger partial charge in [-0.1, -0.05) is 141 Å². The summed E-state index contributed by atoms with van der Waals surface area (Å²) in [5.74, 6) is 0.732. The predicted octanol–water partition coefficient (Wildman–Crippen LogP) is 9.45. The quantitative estimate of drug-likeness (QED) is 0.241. The lowest BCUT2D eigenvalue weighted by molar-refractivity contribution is 0.660. The summed E-state index contributed by atoms with van der Waals surface area (Å²) in [5, 5.41) is 0. The van der Waals surface area contributed by atoms with E-state index in [1.54, 1.807) is 0 Å². The largest absolute Gasteiger partial charge is 0.228 e. The Morgan fingerprint density at radius 3 is 1.64 bits per heavy atom. The van der Waals surface area contributed by atoms with E-state index >= 15 is 0 Å². The van der Waals surface area contributed by atoms with Crippen LogP contribution in [0.15, 0.2) is 133 Å². The van der Waals surface area contributed by atoms with Crippen molar-refractivity contribution in [3.63, 3.8) is 0 Å². The summed E-state index contributed by atoms with van der Waals surface area (Å²) in [6.45, 7) is 4.66. The van der Waals surface area contributed by atoms with Gasteiger partial charge in [0.15, 0.2) is 5.82 Å². The van der Waals surface area contributed by atoms with Crippen LogP contribution < -0.4 is 0 Å². The maximum atomic E-state index is 5.00. The summed E-state index contributed by atoms with van der Waals surface area (Å²) < 4.78 is 0. The second-order valence-corrected chi connectivity index (χ2v) is 10.7. The highest BCUT2D eigenvalue weighted by Crippen LogP contribution is 2.51. The van der Waals surface area contributed by atoms with Gasteiger partial charge in [0.05, 0.1) is 11.4 Å².